The Morgan fingerprint density at radius 3 is 2.52 bits per heavy atom. The molecule has 0 saturated heterocycles. The van der Waals surface area contributed by atoms with Crippen LogP contribution in [0.25, 0.3) is 0 Å². The molecule has 3 rings (SSSR count). The molecule has 140 valence electrons. The number of nitrogens with zero attached hydrogens (tertiary/aromatic N) is 2. The zero-order chi connectivity index (χ0) is 19.1. The molecular weight excluding hydrogens is 364 g/mol. The molecule has 0 aliphatic rings. The second kappa shape index (κ2) is 9.24. The average molecular weight is 385 g/mol. The third-order valence-electron chi connectivity index (χ3n) is 4.22. The summed E-state index contributed by atoms with van der Waals surface area (Å²) in [5, 5.41) is 0.732. The second-order valence-electron chi connectivity index (χ2n) is 6.18. The van der Waals surface area contributed by atoms with Crippen LogP contribution in [0.4, 0.5) is 0 Å². The highest BCUT2D eigenvalue weighted by Crippen LogP contribution is 2.19. The highest BCUT2D eigenvalue weighted by atomic mass is 35.5. The molecule has 0 aliphatic heterocycles. The van der Waals surface area contributed by atoms with E-state index >= 15 is 0 Å². The number of rotatable bonds is 8. The van der Waals surface area contributed by atoms with Crippen LogP contribution in [-0.2, 0) is 17.7 Å². The molecular formula is C21H21ClN2O3. The number of hydrogen-bond acceptors (Lipinski definition) is 4. The summed E-state index contributed by atoms with van der Waals surface area (Å²) < 4.78 is 12.9. The number of aryl methyl sites for hydroxylation is 1. The molecule has 1 heterocycles. The normalized spacial score (nSPS) is 11.8. The minimum absolute atomic E-state index is 0.0427. The number of ether oxygens (including phenoxy) is 2. The molecule has 1 atom stereocenters. The van der Waals surface area contributed by atoms with Crippen LogP contribution in [0, 0.1) is 0 Å². The predicted octanol–water partition coefficient (Wildman–Crippen LogP) is 4.40. The molecule has 0 bridgehead atoms. The van der Waals surface area contributed by atoms with Gasteiger partial charge in [0.1, 0.15) is 11.9 Å². The molecule has 3 aromatic rings. The third-order valence-corrected chi connectivity index (χ3v) is 4.47. The van der Waals surface area contributed by atoms with Crippen molar-refractivity contribution < 1.29 is 14.3 Å². The SMILES string of the molecule is COC(=O)c1ccc(OC(CCc2ccc(Cl)cc2)Cn2ccnc2)cc1. The first kappa shape index (κ1) is 19.0. The van der Waals surface area contributed by atoms with Crippen molar-refractivity contribution in [1.82, 2.24) is 9.55 Å². The van der Waals surface area contributed by atoms with Crippen LogP contribution >= 0.6 is 11.6 Å². The minimum atomic E-state index is -0.362. The fraction of sp³-hybridized carbons (Fsp3) is 0.238. The maximum absolute atomic E-state index is 11.6. The Labute approximate surface area is 163 Å². The molecule has 0 spiro atoms. The topological polar surface area (TPSA) is 53.4 Å². The van der Waals surface area contributed by atoms with Crippen molar-refractivity contribution in [3.8, 4) is 5.75 Å². The minimum Gasteiger partial charge on any atom is -0.489 e. The van der Waals surface area contributed by atoms with Crippen LogP contribution < -0.4 is 4.74 Å². The molecule has 1 aromatic heterocycles. The molecule has 0 aliphatic carbocycles. The molecule has 1 unspecified atom stereocenters. The van der Waals surface area contributed by atoms with Gasteiger partial charge in [0.2, 0.25) is 0 Å². The maximum Gasteiger partial charge on any atom is 0.337 e. The highest BCUT2D eigenvalue weighted by Gasteiger charge is 2.13. The molecule has 0 saturated carbocycles. The first-order valence-corrected chi connectivity index (χ1v) is 9.07. The quantitative estimate of drug-likeness (QED) is 0.540. The van der Waals surface area contributed by atoms with Gasteiger partial charge < -0.3 is 14.0 Å². The molecule has 0 fully saturated rings. The first-order valence-electron chi connectivity index (χ1n) is 8.69. The van der Waals surface area contributed by atoms with Gasteiger partial charge in [-0.2, -0.15) is 0 Å². The van der Waals surface area contributed by atoms with Crippen molar-refractivity contribution in [2.75, 3.05) is 7.11 Å². The van der Waals surface area contributed by atoms with Crippen LogP contribution in [0.3, 0.4) is 0 Å². The Kier molecular flexibility index (Phi) is 6.49. The summed E-state index contributed by atoms with van der Waals surface area (Å²) in [4.78, 5) is 15.7. The van der Waals surface area contributed by atoms with Crippen molar-refractivity contribution >= 4 is 17.6 Å². The lowest BCUT2D eigenvalue weighted by atomic mass is 10.1. The number of halogens is 1. The number of benzene rings is 2. The van der Waals surface area contributed by atoms with Gasteiger partial charge in [-0.05, 0) is 54.8 Å². The summed E-state index contributed by atoms with van der Waals surface area (Å²) in [5.74, 6) is 0.350. The molecule has 6 heteroatoms. The van der Waals surface area contributed by atoms with Gasteiger partial charge in [-0.3, -0.25) is 0 Å². The fourth-order valence-electron chi connectivity index (χ4n) is 2.78. The summed E-state index contributed by atoms with van der Waals surface area (Å²) in [6, 6.07) is 14.8. The lowest BCUT2D eigenvalue weighted by molar-refractivity contribution is 0.0600. The zero-order valence-electron chi connectivity index (χ0n) is 15.0. The largest absolute Gasteiger partial charge is 0.489 e. The van der Waals surface area contributed by atoms with Gasteiger partial charge in [-0.1, -0.05) is 23.7 Å². The van der Waals surface area contributed by atoms with E-state index in [1.807, 2.05) is 35.0 Å². The van der Waals surface area contributed by atoms with Crippen LogP contribution in [0.1, 0.15) is 22.3 Å². The van der Waals surface area contributed by atoms with Crippen molar-refractivity contribution in [3.05, 3.63) is 83.4 Å². The van der Waals surface area contributed by atoms with Gasteiger partial charge in [0.25, 0.3) is 0 Å². The standard InChI is InChI=1S/C21H21ClN2O3/c1-26-21(25)17-5-10-19(11-6-17)27-20(14-24-13-12-23-15-24)9-4-16-2-7-18(22)8-3-16/h2-3,5-8,10-13,15,20H,4,9,14H2,1H3. The molecule has 0 radical (unpaired) electrons. The van der Waals surface area contributed by atoms with E-state index in [1.165, 1.54) is 12.7 Å². The van der Waals surface area contributed by atoms with Gasteiger partial charge >= 0.3 is 5.97 Å². The lowest BCUT2D eigenvalue weighted by Gasteiger charge is -2.20. The summed E-state index contributed by atoms with van der Waals surface area (Å²) >= 11 is 5.95. The number of carbonyl (C=O) groups excluding carboxylic acids is 1. The molecule has 0 N–H and O–H groups in total. The van der Waals surface area contributed by atoms with E-state index in [0.29, 0.717) is 17.9 Å². The maximum atomic E-state index is 11.6. The molecule has 5 nitrogen and oxygen atoms in total. The molecule has 2 aromatic carbocycles. The molecule has 0 amide bonds. The number of carbonyl (C=O) groups is 1. The Bertz CT molecular complexity index is 846. The van der Waals surface area contributed by atoms with Gasteiger partial charge in [-0.25, -0.2) is 9.78 Å². The highest BCUT2D eigenvalue weighted by molar-refractivity contribution is 6.30. The van der Waals surface area contributed by atoms with Crippen LogP contribution in [0.15, 0.2) is 67.3 Å². The van der Waals surface area contributed by atoms with E-state index in [0.717, 1.165) is 17.9 Å². The Morgan fingerprint density at radius 1 is 1.15 bits per heavy atom. The van der Waals surface area contributed by atoms with Crippen LogP contribution in [-0.4, -0.2) is 28.7 Å². The van der Waals surface area contributed by atoms with Crippen LogP contribution in [0.2, 0.25) is 5.02 Å². The summed E-state index contributed by atoms with van der Waals surface area (Å²) in [6.45, 7) is 0.687. The number of esters is 1. The van der Waals surface area contributed by atoms with Crippen molar-refractivity contribution in [3.63, 3.8) is 0 Å². The van der Waals surface area contributed by atoms with E-state index in [-0.39, 0.29) is 12.1 Å². The van der Waals surface area contributed by atoms with Gasteiger partial charge in [0.05, 0.1) is 25.5 Å². The van der Waals surface area contributed by atoms with E-state index in [2.05, 4.69) is 4.98 Å². The summed E-state index contributed by atoms with van der Waals surface area (Å²) in [6.07, 6.45) is 7.10. The van der Waals surface area contributed by atoms with E-state index < -0.39 is 0 Å². The Morgan fingerprint density at radius 2 is 1.89 bits per heavy atom. The number of methoxy groups -OCH3 is 1. The number of hydrogen-bond donors (Lipinski definition) is 0. The summed E-state index contributed by atoms with van der Waals surface area (Å²) in [5.41, 5.74) is 1.71. The van der Waals surface area contributed by atoms with Gasteiger partial charge in [-0.15, -0.1) is 0 Å². The lowest BCUT2D eigenvalue weighted by Crippen LogP contribution is -2.23. The first-order chi connectivity index (χ1) is 13.1. The van der Waals surface area contributed by atoms with E-state index in [9.17, 15) is 4.79 Å². The van der Waals surface area contributed by atoms with E-state index in [4.69, 9.17) is 21.1 Å². The fourth-order valence-corrected chi connectivity index (χ4v) is 2.90. The number of imidazole rings is 1. The average Bonchev–Trinajstić information content (AvgIpc) is 3.20. The zero-order valence-corrected chi connectivity index (χ0v) is 15.8. The van der Waals surface area contributed by atoms with Crippen molar-refractivity contribution in [2.45, 2.75) is 25.5 Å². The van der Waals surface area contributed by atoms with E-state index in [1.54, 1.807) is 36.8 Å². The van der Waals surface area contributed by atoms with Crippen molar-refractivity contribution in [1.29, 1.82) is 0 Å². The molecule has 27 heavy (non-hydrogen) atoms. The smallest absolute Gasteiger partial charge is 0.337 e. The predicted molar refractivity (Wildman–Crippen MR) is 104 cm³/mol. The Balaban J connectivity index is 1.67. The van der Waals surface area contributed by atoms with Gasteiger partial charge in [0.15, 0.2) is 0 Å². The number of aromatic nitrogens is 2. The van der Waals surface area contributed by atoms with Crippen LogP contribution in [0.5, 0.6) is 5.75 Å². The third kappa shape index (κ3) is 5.59. The van der Waals surface area contributed by atoms with Crippen molar-refractivity contribution in [2.24, 2.45) is 0 Å². The summed E-state index contributed by atoms with van der Waals surface area (Å²) in [7, 11) is 1.37. The van der Waals surface area contributed by atoms with Gasteiger partial charge in [0, 0.05) is 17.4 Å². The Hall–Kier alpha value is -2.79. The second-order valence-corrected chi connectivity index (χ2v) is 6.62. The monoisotopic (exact) mass is 384 g/mol.